The molecule has 0 aliphatic carbocycles. The summed E-state index contributed by atoms with van der Waals surface area (Å²) in [5, 5.41) is 11.9. The molecule has 5 heteroatoms. The second-order valence-corrected chi connectivity index (χ2v) is 6.00. The molecule has 1 atom stereocenters. The second-order valence-electron chi connectivity index (χ2n) is 5.06. The van der Waals surface area contributed by atoms with Crippen LogP contribution in [0.4, 0.5) is 0 Å². The van der Waals surface area contributed by atoms with Crippen molar-refractivity contribution in [2.45, 2.75) is 25.8 Å². The van der Waals surface area contributed by atoms with Crippen molar-refractivity contribution < 1.29 is 9.90 Å². The van der Waals surface area contributed by atoms with Crippen molar-refractivity contribution in [2.24, 2.45) is 0 Å². The van der Waals surface area contributed by atoms with E-state index in [1.165, 1.54) is 21.8 Å². The Labute approximate surface area is 129 Å². The smallest absolute Gasteiger partial charge is 0.273 e. The van der Waals surface area contributed by atoms with Gasteiger partial charge in [-0.05, 0) is 18.9 Å². The van der Waals surface area contributed by atoms with Gasteiger partial charge in [-0.25, -0.2) is 4.98 Å². The molecule has 4 nitrogen and oxygen atoms in total. The zero-order valence-electron chi connectivity index (χ0n) is 12.3. The maximum absolute atomic E-state index is 12.2. The van der Waals surface area contributed by atoms with E-state index in [0.29, 0.717) is 5.69 Å². The molecule has 1 aromatic carbocycles. The Kier molecular flexibility index (Phi) is 5.47. The van der Waals surface area contributed by atoms with Gasteiger partial charge in [-0.1, -0.05) is 30.3 Å². The van der Waals surface area contributed by atoms with Crippen LogP contribution in [0.2, 0.25) is 0 Å². The number of hydrogen-bond acceptors (Lipinski definition) is 4. The van der Waals surface area contributed by atoms with Gasteiger partial charge in [-0.15, -0.1) is 11.3 Å². The topological polar surface area (TPSA) is 53.4 Å². The van der Waals surface area contributed by atoms with Gasteiger partial charge < -0.3 is 10.0 Å². The molecule has 0 saturated carbocycles. The summed E-state index contributed by atoms with van der Waals surface area (Å²) in [5.41, 5.74) is 1.73. The molecule has 0 radical (unpaired) electrons. The van der Waals surface area contributed by atoms with Crippen molar-refractivity contribution in [1.29, 1.82) is 0 Å². The summed E-state index contributed by atoms with van der Waals surface area (Å²) in [6.07, 6.45) is 1.76. The van der Waals surface area contributed by atoms with Crippen LogP contribution in [0.1, 0.15) is 28.0 Å². The van der Waals surface area contributed by atoms with Crippen molar-refractivity contribution in [3.8, 4) is 0 Å². The number of hydrogen-bond donors (Lipinski definition) is 1. The van der Waals surface area contributed by atoms with Gasteiger partial charge in [0.2, 0.25) is 0 Å². The van der Waals surface area contributed by atoms with Crippen LogP contribution in [0.15, 0.2) is 35.7 Å². The lowest BCUT2D eigenvalue weighted by atomic mass is 10.1. The lowest BCUT2D eigenvalue weighted by molar-refractivity contribution is 0.0677. The first-order chi connectivity index (χ1) is 10.1. The summed E-state index contributed by atoms with van der Waals surface area (Å²) >= 11 is 1.51. The Morgan fingerprint density at radius 3 is 2.71 bits per heavy atom. The number of carbonyl (C=O) groups excluding carboxylic acids is 1. The molecule has 1 amide bonds. The number of rotatable bonds is 6. The van der Waals surface area contributed by atoms with Crippen molar-refractivity contribution >= 4 is 17.2 Å². The lowest BCUT2D eigenvalue weighted by Crippen LogP contribution is -2.37. The predicted octanol–water partition coefficient (Wildman–Crippen LogP) is 2.38. The summed E-state index contributed by atoms with van der Waals surface area (Å²) in [6, 6.07) is 10.0. The first kappa shape index (κ1) is 15.7. The Bertz CT molecular complexity index is 583. The molecule has 1 unspecified atom stereocenters. The van der Waals surface area contributed by atoms with Crippen LogP contribution in [-0.4, -0.2) is 40.6 Å². The van der Waals surface area contributed by atoms with Crippen molar-refractivity contribution in [2.75, 3.05) is 13.7 Å². The highest BCUT2D eigenvalue weighted by molar-refractivity contribution is 7.09. The van der Waals surface area contributed by atoms with Crippen molar-refractivity contribution in [3.63, 3.8) is 0 Å². The number of thiazole rings is 1. The molecule has 1 N–H and O–H groups in total. The van der Waals surface area contributed by atoms with Crippen LogP contribution in [0.5, 0.6) is 0 Å². The van der Waals surface area contributed by atoms with E-state index in [2.05, 4.69) is 17.1 Å². The fourth-order valence-electron chi connectivity index (χ4n) is 1.92. The van der Waals surface area contributed by atoms with Gasteiger partial charge in [0.05, 0.1) is 17.7 Å². The number of benzene rings is 1. The summed E-state index contributed by atoms with van der Waals surface area (Å²) in [4.78, 5) is 18.1. The van der Waals surface area contributed by atoms with E-state index in [1.807, 2.05) is 18.2 Å². The number of likely N-dealkylation sites (N-methyl/N-ethyl adjacent to an activating group) is 1. The Morgan fingerprint density at radius 2 is 2.05 bits per heavy atom. The number of carbonyl (C=O) groups is 1. The molecule has 0 spiro atoms. The van der Waals surface area contributed by atoms with Crippen molar-refractivity contribution in [1.82, 2.24) is 9.88 Å². The summed E-state index contributed by atoms with van der Waals surface area (Å²) in [7, 11) is 1.69. The van der Waals surface area contributed by atoms with E-state index >= 15 is 0 Å². The lowest BCUT2D eigenvalue weighted by Gasteiger charge is -2.21. The van der Waals surface area contributed by atoms with Gasteiger partial charge >= 0.3 is 0 Å². The molecule has 112 valence electrons. The Hall–Kier alpha value is -1.72. The van der Waals surface area contributed by atoms with Crippen LogP contribution in [0, 0.1) is 0 Å². The molecule has 2 aromatic rings. The third-order valence-corrected chi connectivity index (χ3v) is 4.40. The minimum atomic E-state index is -0.202. The van der Waals surface area contributed by atoms with Crippen LogP contribution in [-0.2, 0) is 12.8 Å². The molecule has 0 bridgehead atoms. The quantitative estimate of drug-likeness (QED) is 0.891. The number of nitrogens with zero attached hydrogens (tertiary/aromatic N) is 2. The highest BCUT2D eigenvalue weighted by Crippen LogP contribution is 2.15. The molecule has 2 rings (SSSR count). The summed E-state index contributed by atoms with van der Waals surface area (Å²) < 4.78 is 0. The van der Waals surface area contributed by atoms with E-state index in [9.17, 15) is 4.79 Å². The van der Waals surface area contributed by atoms with Gasteiger partial charge in [-0.2, -0.15) is 0 Å². The molecule has 21 heavy (non-hydrogen) atoms. The predicted molar refractivity (Wildman–Crippen MR) is 84.6 cm³/mol. The van der Waals surface area contributed by atoms with E-state index in [4.69, 9.17) is 5.11 Å². The average Bonchev–Trinajstić information content (AvgIpc) is 3.00. The normalized spacial score (nSPS) is 12.1. The van der Waals surface area contributed by atoms with Crippen LogP contribution in [0.25, 0.3) is 0 Å². The van der Waals surface area contributed by atoms with E-state index in [1.54, 1.807) is 19.4 Å². The Morgan fingerprint density at radius 1 is 1.33 bits per heavy atom. The fraction of sp³-hybridized carbons (Fsp3) is 0.375. The number of amides is 1. The first-order valence-electron chi connectivity index (χ1n) is 6.98. The minimum Gasteiger partial charge on any atom is -0.394 e. The highest BCUT2D eigenvalue weighted by atomic mass is 32.1. The zero-order valence-corrected chi connectivity index (χ0v) is 13.1. The minimum absolute atomic E-state index is 0.0484. The molecule has 1 aromatic heterocycles. The van der Waals surface area contributed by atoms with E-state index in [0.717, 1.165) is 17.8 Å². The summed E-state index contributed by atoms with van der Waals surface area (Å²) in [5.74, 6) is -0.140. The maximum atomic E-state index is 12.2. The average molecular weight is 304 g/mol. The van der Waals surface area contributed by atoms with E-state index in [-0.39, 0.29) is 18.6 Å². The van der Waals surface area contributed by atoms with Gasteiger partial charge in [-0.3, -0.25) is 4.79 Å². The van der Waals surface area contributed by atoms with Crippen molar-refractivity contribution in [3.05, 3.63) is 52.0 Å². The van der Waals surface area contributed by atoms with Gasteiger partial charge in [0.1, 0.15) is 5.69 Å². The molecular weight excluding hydrogens is 284 g/mol. The van der Waals surface area contributed by atoms with Crippen LogP contribution >= 0.6 is 11.3 Å². The summed E-state index contributed by atoms with van der Waals surface area (Å²) in [6.45, 7) is 1.76. The molecule has 0 fully saturated rings. The molecule has 0 aliphatic rings. The second kappa shape index (κ2) is 7.33. The monoisotopic (exact) mass is 304 g/mol. The molecular formula is C16H20N2O2S. The Balaban J connectivity index is 1.96. The third kappa shape index (κ3) is 4.12. The zero-order chi connectivity index (χ0) is 15.2. The van der Waals surface area contributed by atoms with Gasteiger partial charge in [0.15, 0.2) is 0 Å². The molecule has 1 heterocycles. The number of aryl methyl sites for hydroxylation is 2. The number of aliphatic hydroxyl groups excluding tert-OH is 1. The first-order valence-corrected chi connectivity index (χ1v) is 7.86. The van der Waals surface area contributed by atoms with E-state index < -0.39 is 0 Å². The van der Waals surface area contributed by atoms with Gasteiger partial charge in [0.25, 0.3) is 5.91 Å². The van der Waals surface area contributed by atoms with Crippen LogP contribution < -0.4 is 0 Å². The molecule has 0 aliphatic heterocycles. The largest absolute Gasteiger partial charge is 0.394 e. The maximum Gasteiger partial charge on any atom is 0.273 e. The van der Waals surface area contributed by atoms with Crippen LogP contribution in [0.3, 0.4) is 0 Å². The highest BCUT2D eigenvalue weighted by Gasteiger charge is 2.19. The standard InChI is InChI=1S/C16H20N2O2S/c1-12(10-19)18(2)16(20)14-11-21-15(17-14)9-8-13-6-4-3-5-7-13/h3-7,11-12,19H,8-10H2,1-2H3. The number of aliphatic hydroxyl groups is 1. The SMILES string of the molecule is CC(CO)N(C)C(=O)c1csc(CCc2ccccc2)n1. The molecule has 0 saturated heterocycles. The fourth-order valence-corrected chi connectivity index (χ4v) is 2.70. The number of aromatic nitrogens is 1. The van der Waals surface area contributed by atoms with Gasteiger partial charge in [0, 0.05) is 18.8 Å². The third-order valence-electron chi connectivity index (χ3n) is 3.49.